The maximum Gasteiger partial charge on any atom is 0.331 e. The van der Waals surface area contributed by atoms with Crippen molar-refractivity contribution in [3.05, 3.63) is 0 Å². The van der Waals surface area contributed by atoms with Crippen molar-refractivity contribution in [1.82, 2.24) is 5.32 Å². The topological polar surface area (TPSA) is 151 Å². The number of aliphatic hydroxyl groups excluding tert-OH is 3. The quantitative estimate of drug-likeness (QED) is 0.228. The van der Waals surface area contributed by atoms with Gasteiger partial charge in [-0.25, -0.2) is 4.79 Å². The summed E-state index contributed by atoms with van der Waals surface area (Å²) in [5.74, 6) is -1.29. The van der Waals surface area contributed by atoms with E-state index in [0.29, 0.717) is 0 Å². The summed E-state index contributed by atoms with van der Waals surface area (Å²) in [5.41, 5.74) is 5.62. The van der Waals surface area contributed by atoms with E-state index in [-0.39, 0.29) is 5.75 Å². The highest BCUT2D eigenvalue weighted by molar-refractivity contribution is 7.80. The van der Waals surface area contributed by atoms with Gasteiger partial charge < -0.3 is 35.8 Å². The molecule has 1 fully saturated rings. The number of carbonyl (C=O) groups excluding carboxylic acids is 2. The number of ether oxygens (including phenoxy) is 2. The zero-order valence-electron chi connectivity index (χ0n) is 11.4. The summed E-state index contributed by atoms with van der Waals surface area (Å²) in [5, 5.41) is 30.7. The van der Waals surface area contributed by atoms with Gasteiger partial charge in [-0.2, -0.15) is 12.6 Å². The molecular formula is C11H20N2O7S. The van der Waals surface area contributed by atoms with Gasteiger partial charge in [0.25, 0.3) is 0 Å². The predicted molar refractivity (Wildman–Crippen MR) is 73.3 cm³/mol. The summed E-state index contributed by atoms with van der Waals surface area (Å²) < 4.78 is 10.1. The minimum Gasteiger partial charge on any atom is -0.432 e. The highest BCUT2D eigenvalue weighted by atomic mass is 32.1. The Morgan fingerprint density at radius 1 is 1.43 bits per heavy atom. The van der Waals surface area contributed by atoms with Gasteiger partial charge in [-0.15, -0.1) is 0 Å². The van der Waals surface area contributed by atoms with E-state index in [9.17, 15) is 19.8 Å². The first kappa shape index (κ1) is 18.1. The minimum atomic E-state index is -1.43. The number of hydrogen-bond acceptors (Lipinski definition) is 9. The SMILES string of the molecule is CC(=O)N[C@@H](CS)C(=O)O[C@H]1O[C@H](CO)[C@@H](O)[C@H](O)[C@@H]1N. The van der Waals surface area contributed by atoms with Crippen molar-refractivity contribution in [2.24, 2.45) is 5.73 Å². The van der Waals surface area contributed by atoms with E-state index in [4.69, 9.17) is 20.3 Å². The lowest BCUT2D eigenvalue weighted by molar-refractivity contribution is -0.259. The first-order valence-corrected chi connectivity index (χ1v) is 6.91. The smallest absolute Gasteiger partial charge is 0.331 e. The number of rotatable bonds is 5. The summed E-state index contributed by atoms with van der Waals surface area (Å²) in [6.45, 7) is 0.648. The van der Waals surface area contributed by atoms with Gasteiger partial charge in [0, 0.05) is 12.7 Å². The molecule has 0 aromatic heterocycles. The van der Waals surface area contributed by atoms with E-state index in [1.54, 1.807) is 0 Å². The maximum absolute atomic E-state index is 11.9. The van der Waals surface area contributed by atoms with Gasteiger partial charge in [-0.05, 0) is 0 Å². The fourth-order valence-electron chi connectivity index (χ4n) is 1.83. The monoisotopic (exact) mass is 324 g/mol. The lowest BCUT2D eigenvalue weighted by Crippen LogP contribution is -2.63. The van der Waals surface area contributed by atoms with Crippen molar-refractivity contribution in [3.8, 4) is 0 Å². The van der Waals surface area contributed by atoms with Crippen molar-refractivity contribution in [1.29, 1.82) is 0 Å². The predicted octanol–water partition coefficient (Wildman–Crippen LogP) is -3.27. The number of thiol groups is 1. The lowest BCUT2D eigenvalue weighted by Gasteiger charge is -2.40. The molecule has 1 aliphatic heterocycles. The van der Waals surface area contributed by atoms with Gasteiger partial charge in [0.05, 0.1) is 12.6 Å². The summed E-state index contributed by atoms with van der Waals surface area (Å²) in [4.78, 5) is 22.8. The average Bonchev–Trinajstić information content (AvgIpc) is 2.44. The van der Waals surface area contributed by atoms with Gasteiger partial charge in [0.2, 0.25) is 12.2 Å². The van der Waals surface area contributed by atoms with Gasteiger partial charge in [-0.3, -0.25) is 4.79 Å². The van der Waals surface area contributed by atoms with Gasteiger partial charge in [0.15, 0.2) is 0 Å². The Hall–Kier alpha value is -0.910. The van der Waals surface area contributed by atoms with Crippen molar-refractivity contribution >= 4 is 24.5 Å². The molecule has 1 rings (SSSR count). The van der Waals surface area contributed by atoms with Crippen LogP contribution in [0, 0.1) is 0 Å². The lowest BCUT2D eigenvalue weighted by atomic mass is 9.98. The van der Waals surface area contributed by atoms with Gasteiger partial charge in [0.1, 0.15) is 24.4 Å². The van der Waals surface area contributed by atoms with Gasteiger partial charge >= 0.3 is 5.97 Å². The Morgan fingerprint density at radius 2 is 2.05 bits per heavy atom. The molecule has 6 N–H and O–H groups in total. The van der Waals surface area contributed by atoms with Crippen LogP contribution in [0.25, 0.3) is 0 Å². The molecule has 0 saturated carbocycles. The summed E-state index contributed by atoms with van der Waals surface area (Å²) >= 11 is 3.92. The fourth-order valence-corrected chi connectivity index (χ4v) is 2.07. The van der Waals surface area contributed by atoms with Crippen molar-refractivity contribution in [2.45, 2.75) is 43.6 Å². The molecule has 9 nitrogen and oxygen atoms in total. The van der Waals surface area contributed by atoms with Crippen molar-refractivity contribution in [2.75, 3.05) is 12.4 Å². The van der Waals surface area contributed by atoms with E-state index in [1.807, 2.05) is 0 Å². The second-order valence-electron chi connectivity index (χ2n) is 4.66. The highest BCUT2D eigenvalue weighted by Crippen LogP contribution is 2.21. The Balaban J connectivity index is 2.71. The summed E-state index contributed by atoms with van der Waals surface area (Å²) in [6, 6.07) is -2.19. The number of nitrogens with one attached hydrogen (secondary N) is 1. The fraction of sp³-hybridized carbons (Fsp3) is 0.818. The number of esters is 1. The number of aliphatic hydroxyl groups is 3. The van der Waals surface area contributed by atoms with Crippen LogP contribution in [0.15, 0.2) is 0 Å². The zero-order chi connectivity index (χ0) is 16.2. The molecule has 0 unspecified atom stereocenters. The molecule has 1 saturated heterocycles. The molecule has 10 heteroatoms. The molecule has 0 bridgehead atoms. The Morgan fingerprint density at radius 3 is 2.52 bits per heavy atom. The number of carbonyl (C=O) groups is 2. The molecule has 0 spiro atoms. The van der Waals surface area contributed by atoms with Crippen LogP contribution >= 0.6 is 12.6 Å². The largest absolute Gasteiger partial charge is 0.432 e. The average molecular weight is 324 g/mol. The molecule has 6 atom stereocenters. The molecular weight excluding hydrogens is 304 g/mol. The van der Waals surface area contributed by atoms with E-state index in [0.717, 1.165) is 0 Å². The molecule has 1 amide bonds. The van der Waals surface area contributed by atoms with Crippen molar-refractivity contribution in [3.63, 3.8) is 0 Å². The molecule has 21 heavy (non-hydrogen) atoms. The van der Waals surface area contributed by atoms with Crippen LogP contribution in [-0.4, -0.2) is 76.2 Å². The van der Waals surface area contributed by atoms with Crippen LogP contribution in [0.4, 0.5) is 0 Å². The Bertz CT molecular complexity index is 382. The summed E-state index contributed by atoms with van der Waals surface area (Å²) in [7, 11) is 0. The van der Waals surface area contributed by atoms with Crippen LogP contribution in [0.1, 0.15) is 6.92 Å². The summed E-state index contributed by atoms with van der Waals surface area (Å²) in [6.07, 6.45) is -5.31. The second-order valence-corrected chi connectivity index (χ2v) is 5.02. The van der Waals surface area contributed by atoms with Crippen molar-refractivity contribution < 1.29 is 34.4 Å². The molecule has 0 aliphatic carbocycles. The third kappa shape index (κ3) is 4.53. The van der Waals surface area contributed by atoms with Crippen LogP contribution in [0.3, 0.4) is 0 Å². The molecule has 122 valence electrons. The minimum absolute atomic E-state index is 0.00498. The molecule has 1 aliphatic rings. The van der Waals surface area contributed by atoms with E-state index in [2.05, 4.69) is 17.9 Å². The molecule has 0 aromatic rings. The zero-order valence-corrected chi connectivity index (χ0v) is 12.3. The van der Waals surface area contributed by atoms with E-state index >= 15 is 0 Å². The molecule has 1 heterocycles. The van der Waals surface area contributed by atoms with Crippen LogP contribution in [-0.2, 0) is 19.1 Å². The second kappa shape index (κ2) is 7.92. The van der Waals surface area contributed by atoms with E-state index < -0.39 is 55.2 Å². The highest BCUT2D eigenvalue weighted by Gasteiger charge is 2.44. The van der Waals surface area contributed by atoms with Crippen LogP contribution < -0.4 is 11.1 Å². The first-order chi connectivity index (χ1) is 9.81. The number of hydrogen-bond donors (Lipinski definition) is 6. The third-order valence-corrected chi connectivity index (χ3v) is 3.37. The molecule has 0 radical (unpaired) electrons. The first-order valence-electron chi connectivity index (χ1n) is 6.28. The molecule has 0 aromatic carbocycles. The standard InChI is InChI=1S/C11H20N2O7S/c1-4(15)13-5(3-21)10(18)20-11-7(12)9(17)8(16)6(2-14)19-11/h5-9,11,14,16-17,21H,2-3,12H2,1H3,(H,13,15)/t5-,6+,7-,8+,9+,11+/m0/s1. The third-order valence-electron chi connectivity index (χ3n) is 3.01. The van der Waals surface area contributed by atoms with Crippen LogP contribution in [0.2, 0.25) is 0 Å². The van der Waals surface area contributed by atoms with Gasteiger partial charge in [-0.1, -0.05) is 0 Å². The maximum atomic E-state index is 11.9. The normalized spacial score (nSPS) is 34.1. The Kier molecular flexibility index (Phi) is 6.84. The Labute approximate surface area is 126 Å². The van der Waals surface area contributed by atoms with Crippen LogP contribution in [0.5, 0.6) is 0 Å². The van der Waals surface area contributed by atoms with E-state index in [1.165, 1.54) is 6.92 Å². The number of nitrogens with two attached hydrogens (primary N) is 1. The number of amides is 1.